The number of hydrogen-bond donors (Lipinski definition) is 3. The number of benzene rings is 1. The zero-order valence-electron chi connectivity index (χ0n) is 22.1. The van der Waals surface area contributed by atoms with Gasteiger partial charge in [0.15, 0.2) is 5.69 Å². The number of carboxylic acids is 1. The van der Waals surface area contributed by atoms with Crippen molar-refractivity contribution in [2.24, 2.45) is 0 Å². The third-order valence-electron chi connectivity index (χ3n) is 5.97. The normalized spacial score (nSPS) is 12.6. The quantitative estimate of drug-likeness (QED) is 0.252. The minimum Gasteiger partial charge on any atom is -0.550 e. The van der Waals surface area contributed by atoms with Gasteiger partial charge in [0.25, 0.3) is 5.91 Å². The van der Waals surface area contributed by atoms with Gasteiger partial charge in [0, 0.05) is 42.1 Å². The van der Waals surface area contributed by atoms with E-state index in [1.807, 2.05) is 32.9 Å². The molecule has 0 aliphatic heterocycles. The number of aryl methyl sites for hydroxylation is 1. The maximum absolute atomic E-state index is 13.6. The maximum Gasteiger partial charge on any atom is 1.00 e. The summed E-state index contributed by atoms with van der Waals surface area (Å²) in [6.45, 7) is 5.99. The van der Waals surface area contributed by atoms with Crippen molar-refractivity contribution >= 4 is 11.9 Å². The van der Waals surface area contributed by atoms with Gasteiger partial charge < -0.3 is 25.4 Å². The van der Waals surface area contributed by atoms with Crippen molar-refractivity contribution in [1.29, 1.82) is 0 Å². The summed E-state index contributed by atoms with van der Waals surface area (Å²) in [6.07, 6.45) is -0.756. The second-order valence-electron chi connectivity index (χ2n) is 9.40. The van der Waals surface area contributed by atoms with Crippen molar-refractivity contribution in [1.82, 2.24) is 20.1 Å². The molecule has 0 saturated carbocycles. The fourth-order valence-electron chi connectivity index (χ4n) is 4.16. The number of nitrogens with zero attached hydrogens (tertiary/aromatic N) is 3. The number of aliphatic carboxylic acids is 1. The smallest absolute Gasteiger partial charge is 0.550 e. The van der Waals surface area contributed by atoms with Crippen LogP contribution in [0.25, 0.3) is 5.69 Å². The molecule has 0 unspecified atom stereocenters. The van der Waals surface area contributed by atoms with Gasteiger partial charge in [-0.15, -0.1) is 0 Å². The largest absolute Gasteiger partial charge is 1.00 e. The second kappa shape index (κ2) is 14.5. The Kier molecular flexibility index (Phi) is 12.1. The van der Waals surface area contributed by atoms with E-state index in [4.69, 9.17) is 0 Å². The van der Waals surface area contributed by atoms with E-state index in [1.165, 1.54) is 12.1 Å². The van der Waals surface area contributed by atoms with Gasteiger partial charge in [-0.05, 0) is 68.0 Å². The molecule has 2 aromatic heterocycles. The molecule has 0 saturated heterocycles. The molecule has 38 heavy (non-hydrogen) atoms. The molecule has 3 rings (SSSR count). The second-order valence-corrected chi connectivity index (χ2v) is 9.40. The van der Waals surface area contributed by atoms with Crippen molar-refractivity contribution in [2.75, 3.05) is 0 Å². The number of amides is 1. The number of carbonyl (C=O) groups is 2. The zero-order valence-corrected chi connectivity index (χ0v) is 24.1. The molecule has 1 amide bonds. The molecule has 3 aromatic rings. The predicted molar refractivity (Wildman–Crippen MR) is 132 cm³/mol. The number of halogens is 1. The van der Waals surface area contributed by atoms with E-state index in [1.54, 1.807) is 23.0 Å². The molecule has 0 radical (unpaired) electrons. The van der Waals surface area contributed by atoms with E-state index < -0.39 is 30.4 Å². The number of aliphatic hydroxyl groups is 2. The molecule has 0 bridgehead atoms. The summed E-state index contributed by atoms with van der Waals surface area (Å²) in [5.74, 6) is -2.29. The summed E-state index contributed by atoms with van der Waals surface area (Å²) < 4.78 is 15.2. The summed E-state index contributed by atoms with van der Waals surface area (Å²) in [5, 5.41) is 38.4. The van der Waals surface area contributed by atoms with Crippen LogP contribution in [0.3, 0.4) is 0 Å². The van der Waals surface area contributed by atoms with Crippen molar-refractivity contribution in [3.05, 3.63) is 76.6 Å². The van der Waals surface area contributed by atoms with E-state index >= 15 is 0 Å². The molecule has 0 aliphatic carbocycles. The van der Waals surface area contributed by atoms with Gasteiger partial charge in [0.1, 0.15) is 5.82 Å². The molecule has 11 heteroatoms. The molecular weight excluding hydrogens is 502 g/mol. The van der Waals surface area contributed by atoms with Gasteiger partial charge in [-0.25, -0.2) is 9.07 Å². The molecule has 2 atom stereocenters. The molecule has 0 aliphatic rings. The number of pyridine rings is 1. The maximum atomic E-state index is 13.6. The minimum atomic E-state index is -1.40. The van der Waals surface area contributed by atoms with Crippen LogP contribution in [0, 0.1) is 12.7 Å². The topological polar surface area (TPSA) is 140 Å². The number of nitrogens with one attached hydrogen (secondary N) is 1. The summed E-state index contributed by atoms with van der Waals surface area (Å²) in [7, 11) is 0. The average molecular weight is 535 g/mol. The van der Waals surface area contributed by atoms with Crippen molar-refractivity contribution in [3.63, 3.8) is 0 Å². The van der Waals surface area contributed by atoms with Gasteiger partial charge in [0.2, 0.25) is 0 Å². The van der Waals surface area contributed by atoms with Gasteiger partial charge in [0.05, 0.1) is 17.9 Å². The Morgan fingerprint density at radius 1 is 1.11 bits per heavy atom. The summed E-state index contributed by atoms with van der Waals surface area (Å²) in [6, 6.07) is 9.43. The minimum absolute atomic E-state index is 0. The Morgan fingerprint density at radius 3 is 2.37 bits per heavy atom. The van der Waals surface area contributed by atoms with Crippen LogP contribution < -0.4 is 40.0 Å². The van der Waals surface area contributed by atoms with Crippen LogP contribution in [0.2, 0.25) is 0 Å². The number of aromatic nitrogens is 3. The first-order chi connectivity index (χ1) is 17.5. The zero-order chi connectivity index (χ0) is 27.1. The third kappa shape index (κ3) is 8.71. The number of hydrogen-bond acceptors (Lipinski definition) is 7. The van der Waals surface area contributed by atoms with E-state index in [0.717, 1.165) is 11.3 Å². The Hall–Kier alpha value is -2.63. The predicted octanol–water partition coefficient (Wildman–Crippen LogP) is -1.04. The summed E-state index contributed by atoms with van der Waals surface area (Å²) >= 11 is 0. The van der Waals surface area contributed by atoms with E-state index in [2.05, 4.69) is 15.4 Å². The fraction of sp³-hybridized carbons (Fsp3) is 0.407. The summed E-state index contributed by atoms with van der Waals surface area (Å²) in [5.41, 5.74) is 3.83. The molecule has 1 aromatic carbocycles. The van der Waals surface area contributed by atoms with Crippen LogP contribution >= 0.6 is 0 Å². The van der Waals surface area contributed by atoms with Crippen LogP contribution in [0.5, 0.6) is 0 Å². The molecule has 0 spiro atoms. The Morgan fingerprint density at radius 2 is 1.79 bits per heavy atom. The van der Waals surface area contributed by atoms with Crippen LogP contribution in [0.15, 0.2) is 42.6 Å². The summed E-state index contributed by atoms with van der Waals surface area (Å²) in [4.78, 5) is 28.2. The van der Waals surface area contributed by atoms with Gasteiger partial charge in [-0.1, -0.05) is 19.9 Å². The Bertz CT molecular complexity index is 1220. The molecule has 3 N–H and O–H groups in total. The standard InChI is InChI=1S/C27H33FN4O5.Na/c1-16(2)25-23(11-10-21(33)12-22(34)13-24(35)36)32(20-8-6-19(28)7-9-20)31-26(25)27(37)30-15-18-5-4-17(3)29-14-18;/h4-9,14,16,21-22,33-34H,10-13,15H2,1-3H3,(H,30,37)(H,35,36);/q;+1/p-1/t21-,22-;/m1./s1. The van der Waals surface area contributed by atoms with Crippen LogP contribution in [-0.4, -0.2) is 49.1 Å². The Labute approximate surface area is 243 Å². The number of carbonyl (C=O) groups excluding carboxylic acids is 2. The first-order valence-electron chi connectivity index (χ1n) is 12.2. The van der Waals surface area contributed by atoms with Crippen molar-refractivity contribution in [2.45, 2.75) is 71.1 Å². The van der Waals surface area contributed by atoms with Crippen molar-refractivity contribution < 1.29 is 58.9 Å². The number of rotatable bonds is 12. The van der Waals surface area contributed by atoms with E-state index in [0.29, 0.717) is 16.9 Å². The molecule has 2 heterocycles. The molecule has 198 valence electrons. The Balaban J connectivity index is 0.00000507. The van der Waals surface area contributed by atoms with Gasteiger partial charge >= 0.3 is 29.6 Å². The fourth-order valence-corrected chi connectivity index (χ4v) is 4.16. The van der Waals surface area contributed by atoms with Gasteiger partial charge in [-0.2, -0.15) is 5.10 Å². The molecule has 9 nitrogen and oxygen atoms in total. The van der Waals surface area contributed by atoms with Crippen LogP contribution in [-0.2, 0) is 17.8 Å². The third-order valence-corrected chi connectivity index (χ3v) is 5.97. The van der Waals surface area contributed by atoms with Gasteiger partial charge in [-0.3, -0.25) is 9.78 Å². The number of aliphatic hydroxyl groups excluding tert-OH is 2. The average Bonchev–Trinajstić information content (AvgIpc) is 3.22. The van der Waals surface area contributed by atoms with Crippen LogP contribution in [0.4, 0.5) is 4.39 Å². The molecular formula is C27H32FN4NaO5. The van der Waals surface area contributed by atoms with Crippen LogP contribution in [0.1, 0.15) is 72.0 Å². The molecule has 0 fully saturated rings. The SMILES string of the molecule is Cc1ccc(CNC(=O)c2nn(-c3ccc(F)cc3)c(CC[C@@H](O)C[C@@H](O)CC(=O)[O-])c2C(C)C)cn1.[Na+]. The van der Waals surface area contributed by atoms with Crippen molar-refractivity contribution in [3.8, 4) is 5.69 Å². The van der Waals surface area contributed by atoms with E-state index in [9.17, 15) is 29.3 Å². The first-order valence-corrected chi connectivity index (χ1v) is 12.2. The number of carboxylic acid groups (broad SMARTS) is 1. The van der Waals surface area contributed by atoms with E-state index in [-0.39, 0.29) is 72.9 Å². The first kappa shape index (κ1) is 31.6. The monoisotopic (exact) mass is 534 g/mol.